The molecule has 0 saturated heterocycles. The molecule has 1 rings (SSSR count). The van der Waals surface area contributed by atoms with E-state index in [1.54, 1.807) is 6.07 Å². The van der Waals surface area contributed by atoms with Crippen molar-refractivity contribution in [3.8, 4) is 11.5 Å². The Morgan fingerprint density at radius 3 is 2.55 bits per heavy atom. The number of carboxylic acids is 1. The van der Waals surface area contributed by atoms with Crippen molar-refractivity contribution in [3.63, 3.8) is 0 Å². The summed E-state index contributed by atoms with van der Waals surface area (Å²) in [6.07, 6.45) is -0.908. The Kier molecular flexibility index (Phi) is 6.31. The molecule has 0 spiro atoms. The zero-order valence-corrected chi connectivity index (χ0v) is 12.5. The second-order valence-corrected chi connectivity index (χ2v) is 4.85. The summed E-state index contributed by atoms with van der Waals surface area (Å²) < 4.78 is 10.9. The van der Waals surface area contributed by atoms with Gasteiger partial charge in [-0.15, -0.1) is 0 Å². The number of carbonyl (C=O) groups is 1. The Morgan fingerprint density at radius 1 is 1.30 bits per heavy atom. The van der Waals surface area contributed by atoms with Crippen molar-refractivity contribution >= 4 is 5.97 Å². The SMILES string of the molecule is CCOc1cc(CNC(C)C)ccc1OC(C)C(=O)O. The summed E-state index contributed by atoms with van der Waals surface area (Å²) in [4.78, 5) is 10.8. The molecule has 0 saturated carbocycles. The molecule has 1 aromatic carbocycles. The van der Waals surface area contributed by atoms with E-state index in [9.17, 15) is 4.79 Å². The average molecular weight is 281 g/mol. The molecule has 1 atom stereocenters. The highest BCUT2D eigenvalue weighted by molar-refractivity contribution is 5.72. The largest absolute Gasteiger partial charge is 0.490 e. The van der Waals surface area contributed by atoms with Crippen LogP contribution in [0.15, 0.2) is 18.2 Å². The van der Waals surface area contributed by atoms with Crippen LogP contribution in [-0.2, 0) is 11.3 Å². The third kappa shape index (κ3) is 5.09. The summed E-state index contributed by atoms with van der Waals surface area (Å²) in [7, 11) is 0. The molecular weight excluding hydrogens is 258 g/mol. The predicted molar refractivity (Wildman–Crippen MR) is 77.3 cm³/mol. The van der Waals surface area contributed by atoms with Crippen molar-refractivity contribution in [2.24, 2.45) is 0 Å². The lowest BCUT2D eigenvalue weighted by Gasteiger charge is -2.16. The van der Waals surface area contributed by atoms with E-state index >= 15 is 0 Å². The van der Waals surface area contributed by atoms with Crippen LogP contribution in [0.5, 0.6) is 11.5 Å². The van der Waals surface area contributed by atoms with E-state index in [1.807, 2.05) is 19.1 Å². The standard InChI is InChI=1S/C15H23NO4/c1-5-19-14-8-12(9-16-10(2)3)6-7-13(14)20-11(4)15(17)18/h6-8,10-11,16H,5,9H2,1-4H3,(H,17,18). The van der Waals surface area contributed by atoms with E-state index in [2.05, 4.69) is 19.2 Å². The molecule has 1 aromatic rings. The first kappa shape index (κ1) is 16.3. The van der Waals surface area contributed by atoms with Crippen molar-refractivity contribution in [1.29, 1.82) is 0 Å². The number of hydrogen-bond acceptors (Lipinski definition) is 4. The summed E-state index contributed by atoms with van der Waals surface area (Å²) >= 11 is 0. The number of aliphatic carboxylic acids is 1. The summed E-state index contributed by atoms with van der Waals surface area (Å²) in [6, 6.07) is 5.93. The number of benzene rings is 1. The van der Waals surface area contributed by atoms with Crippen LogP contribution in [0.3, 0.4) is 0 Å². The fourth-order valence-corrected chi connectivity index (χ4v) is 1.59. The Labute approximate surface area is 119 Å². The summed E-state index contributed by atoms with van der Waals surface area (Å²) in [5.41, 5.74) is 1.07. The molecule has 0 heterocycles. The van der Waals surface area contributed by atoms with Gasteiger partial charge >= 0.3 is 5.97 Å². The van der Waals surface area contributed by atoms with Crippen LogP contribution < -0.4 is 14.8 Å². The van der Waals surface area contributed by atoms with Gasteiger partial charge in [0, 0.05) is 12.6 Å². The lowest BCUT2D eigenvalue weighted by atomic mass is 10.2. The topological polar surface area (TPSA) is 67.8 Å². The second-order valence-electron chi connectivity index (χ2n) is 4.85. The highest BCUT2D eigenvalue weighted by Gasteiger charge is 2.15. The number of nitrogens with one attached hydrogen (secondary N) is 1. The molecule has 5 nitrogen and oxygen atoms in total. The molecule has 2 N–H and O–H groups in total. The first-order valence-electron chi connectivity index (χ1n) is 6.82. The van der Waals surface area contributed by atoms with Gasteiger partial charge in [0.1, 0.15) is 0 Å². The van der Waals surface area contributed by atoms with Gasteiger partial charge in [0.15, 0.2) is 17.6 Å². The molecule has 0 aliphatic heterocycles. The van der Waals surface area contributed by atoms with E-state index < -0.39 is 12.1 Å². The van der Waals surface area contributed by atoms with Crippen LogP contribution in [0.2, 0.25) is 0 Å². The maximum Gasteiger partial charge on any atom is 0.344 e. The molecule has 1 unspecified atom stereocenters. The summed E-state index contributed by atoms with van der Waals surface area (Å²) in [5.74, 6) is 0.0247. The molecular formula is C15H23NO4. The fraction of sp³-hybridized carbons (Fsp3) is 0.533. The van der Waals surface area contributed by atoms with Gasteiger partial charge in [-0.2, -0.15) is 0 Å². The zero-order valence-electron chi connectivity index (χ0n) is 12.5. The predicted octanol–water partition coefficient (Wildman–Crippen LogP) is 2.44. The minimum atomic E-state index is -1.00. The van der Waals surface area contributed by atoms with E-state index in [1.165, 1.54) is 6.92 Å². The first-order valence-corrected chi connectivity index (χ1v) is 6.82. The molecule has 0 fully saturated rings. The third-order valence-corrected chi connectivity index (χ3v) is 2.67. The smallest absolute Gasteiger partial charge is 0.344 e. The molecule has 5 heteroatoms. The Hall–Kier alpha value is -1.75. The van der Waals surface area contributed by atoms with E-state index in [4.69, 9.17) is 14.6 Å². The first-order chi connectivity index (χ1) is 9.43. The number of ether oxygens (including phenoxy) is 2. The molecule has 0 amide bonds. The highest BCUT2D eigenvalue weighted by atomic mass is 16.5. The van der Waals surface area contributed by atoms with Gasteiger partial charge in [0.25, 0.3) is 0 Å². The normalized spacial score (nSPS) is 12.2. The fourth-order valence-electron chi connectivity index (χ4n) is 1.59. The maximum absolute atomic E-state index is 10.8. The van der Waals surface area contributed by atoms with Crippen molar-refractivity contribution in [1.82, 2.24) is 5.32 Å². The van der Waals surface area contributed by atoms with Crippen LogP contribution >= 0.6 is 0 Å². The third-order valence-electron chi connectivity index (χ3n) is 2.67. The van der Waals surface area contributed by atoms with Crippen molar-refractivity contribution in [3.05, 3.63) is 23.8 Å². The lowest BCUT2D eigenvalue weighted by molar-refractivity contribution is -0.144. The quantitative estimate of drug-likeness (QED) is 0.766. The highest BCUT2D eigenvalue weighted by Crippen LogP contribution is 2.29. The van der Waals surface area contributed by atoms with Gasteiger partial charge in [-0.1, -0.05) is 19.9 Å². The summed E-state index contributed by atoms with van der Waals surface area (Å²) in [6.45, 7) is 8.76. The van der Waals surface area contributed by atoms with Gasteiger partial charge < -0.3 is 19.9 Å². The van der Waals surface area contributed by atoms with E-state index in [0.29, 0.717) is 24.1 Å². The number of rotatable bonds is 8. The lowest BCUT2D eigenvalue weighted by Crippen LogP contribution is -2.23. The number of carboxylic acid groups (broad SMARTS) is 1. The Balaban J connectivity index is 2.86. The Morgan fingerprint density at radius 2 is 2.00 bits per heavy atom. The number of hydrogen-bond donors (Lipinski definition) is 2. The molecule has 0 aliphatic carbocycles. The summed E-state index contributed by atoms with van der Waals surface area (Å²) in [5, 5.41) is 12.2. The molecule has 0 radical (unpaired) electrons. The van der Waals surface area contributed by atoms with Gasteiger partial charge in [-0.3, -0.25) is 0 Å². The van der Waals surface area contributed by atoms with Crippen molar-refractivity contribution in [2.45, 2.75) is 46.4 Å². The van der Waals surface area contributed by atoms with Crippen LogP contribution in [-0.4, -0.2) is 29.8 Å². The maximum atomic E-state index is 10.8. The Bertz CT molecular complexity index is 445. The van der Waals surface area contributed by atoms with Crippen LogP contribution in [0.4, 0.5) is 0 Å². The van der Waals surface area contributed by atoms with Crippen LogP contribution in [0.25, 0.3) is 0 Å². The zero-order chi connectivity index (χ0) is 15.1. The van der Waals surface area contributed by atoms with Crippen LogP contribution in [0, 0.1) is 0 Å². The van der Waals surface area contributed by atoms with E-state index in [0.717, 1.165) is 12.1 Å². The van der Waals surface area contributed by atoms with E-state index in [-0.39, 0.29) is 0 Å². The molecule has 0 bridgehead atoms. The molecule has 0 aliphatic rings. The van der Waals surface area contributed by atoms with Crippen molar-refractivity contribution in [2.75, 3.05) is 6.61 Å². The minimum Gasteiger partial charge on any atom is -0.490 e. The molecule has 20 heavy (non-hydrogen) atoms. The van der Waals surface area contributed by atoms with Crippen LogP contribution in [0.1, 0.15) is 33.3 Å². The van der Waals surface area contributed by atoms with Crippen molar-refractivity contribution < 1.29 is 19.4 Å². The second kappa shape index (κ2) is 7.75. The van der Waals surface area contributed by atoms with Gasteiger partial charge in [0.05, 0.1) is 6.61 Å². The van der Waals surface area contributed by atoms with Gasteiger partial charge in [-0.05, 0) is 31.5 Å². The minimum absolute atomic E-state index is 0.397. The molecule has 0 aromatic heterocycles. The molecule has 112 valence electrons. The van der Waals surface area contributed by atoms with Gasteiger partial charge in [0.2, 0.25) is 0 Å². The average Bonchev–Trinajstić information content (AvgIpc) is 2.38. The monoisotopic (exact) mass is 281 g/mol. The van der Waals surface area contributed by atoms with Gasteiger partial charge in [-0.25, -0.2) is 4.79 Å².